The van der Waals surface area contributed by atoms with Gasteiger partial charge in [0.05, 0.1) is 19.9 Å². The van der Waals surface area contributed by atoms with Crippen LogP contribution in [-0.2, 0) is 6.54 Å². The van der Waals surface area contributed by atoms with Gasteiger partial charge in [-0.3, -0.25) is 4.79 Å². The van der Waals surface area contributed by atoms with Crippen molar-refractivity contribution in [3.05, 3.63) is 51.3 Å². The monoisotopic (exact) mass is 367 g/mol. The summed E-state index contributed by atoms with van der Waals surface area (Å²) in [5, 5.41) is 17.3. The van der Waals surface area contributed by atoms with Crippen molar-refractivity contribution >= 4 is 0 Å². The minimum Gasteiger partial charge on any atom is -0.493 e. The molecule has 9 nitrogen and oxygen atoms in total. The van der Waals surface area contributed by atoms with Crippen LogP contribution in [0.2, 0.25) is 0 Å². The van der Waals surface area contributed by atoms with E-state index in [0.717, 1.165) is 4.68 Å². The normalized spacial score (nSPS) is 10.5. The highest BCUT2D eigenvalue weighted by Gasteiger charge is 2.16. The zero-order valence-electron chi connectivity index (χ0n) is 15.3. The van der Waals surface area contributed by atoms with Gasteiger partial charge < -0.3 is 14.0 Å². The summed E-state index contributed by atoms with van der Waals surface area (Å²) in [4.78, 5) is 16.7. The van der Waals surface area contributed by atoms with Crippen molar-refractivity contribution in [3.8, 4) is 29.0 Å². The van der Waals surface area contributed by atoms with Crippen molar-refractivity contribution in [3.63, 3.8) is 0 Å². The molecule has 3 aromatic rings. The highest BCUT2D eigenvalue weighted by atomic mass is 16.5. The summed E-state index contributed by atoms with van der Waals surface area (Å²) in [5.74, 6) is 1.65. The fraction of sp³-hybridized carbons (Fsp3) is 0.278. The van der Waals surface area contributed by atoms with E-state index in [9.17, 15) is 10.1 Å². The Bertz CT molecular complexity index is 1090. The van der Waals surface area contributed by atoms with E-state index in [1.54, 1.807) is 39.2 Å². The summed E-state index contributed by atoms with van der Waals surface area (Å²) in [6.07, 6.45) is 0. The Morgan fingerprint density at radius 3 is 2.63 bits per heavy atom. The number of nitriles is 1. The zero-order valence-corrected chi connectivity index (χ0v) is 15.3. The zero-order chi connectivity index (χ0) is 19.6. The standard InChI is InChI=1S/C18H17N5O4/c1-10-11(2)21-23(18(24)13(10)8-19)9-16-20-17(22-27-16)12-5-6-14(25-3)15(7-12)26-4/h5-7H,9H2,1-4H3. The molecule has 0 atom stereocenters. The molecule has 0 aliphatic carbocycles. The minimum atomic E-state index is -0.494. The Morgan fingerprint density at radius 1 is 1.22 bits per heavy atom. The van der Waals surface area contributed by atoms with E-state index in [-0.39, 0.29) is 18.0 Å². The molecular formula is C18H17N5O4. The Kier molecular flexibility index (Phi) is 4.90. The molecule has 2 heterocycles. The average Bonchev–Trinajstić information content (AvgIpc) is 3.14. The van der Waals surface area contributed by atoms with E-state index in [2.05, 4.69) is 15.2 Å². The van der Waals surface area contributed by atoms with Gasteiger partial charge in [0, 0.05) is 5.56 Å². The van der Waals surface area contributed by atoms with E-state index in [0.29, 0.717) is 34.1 Å². The molecule has 0 saturated carbocycles. The van der Waals surface area contributed by atoms with Crippen LogP contribution < -0.4 is 15.0 Å². The van der Waals surface area contributed by atoms with Crippen molar-refractivity contribution in [2.45, 2.75) is 20.4 Å². The van der Waals surface area contributed by atoms with Gasteiger partial charge >= 0.3 is 0 Å². The molecular weight excluding hydrogens is 350 g/mol. The Balaban J connectivity index is 1.93. The number of nitrogens with zero attached hydrogens (tertiary/aromatic N) is 5. The first-order chi connectivity index (χ1) is 13.0. The van der Waals surface area contributed by atoms with Gasteiger partial charge in [-0.1, -0.05) is 5.16 Å². The smallest absolute Gasteiger partial charge is 0.285 e. The van der Waals surface area contributed by atoms with Gasteiger partial charge in [-0.05, 0) is 37.6 Å². The minimum absolute atomic E-state index is 0.0328. The molecule has 0 aliphatic heterocycles. The number of methoxy groups -OCH3 is 2. The van der Waals surface area contributed by atoms with E-state index in [4.69, 9.17) is 14.0 Å². The lowest BCUT2D eigenvalue weighted by atomic mass is 10.1. The average molecular weight is 367 g/mol. The van der Waals surface area contributed by atoms with Gasteiger partial charge in [0.1, 0.15) is 18.2 Å². The van der Waals surface area contributed by atoms with E-state index >= 15 is 0 Å². The predicted molar refractivity (Wildman–Crippen MR) is 94.6 cm³/mol. The van der Waals surface area contributed by atoms with Crippen LogP contribution in [0.4, 0.5) is 0 Å². The fourth-order valence-corrected chi connectivity index (χ4v) is 2.55. The van der Waals surface area contributed by atoms with Crippen molar-refractivity contribution < 1.29 is 14.0 Å². The van der Waals surface area contributed by atoms with E-state index in [1.807, 2.05) is 6.07 Å². The lowest BCUT2D eigenvalue weighted by molar-refractivity contribution is 0.355. The Labute approximate surface area is 154 Å². The lowest BCUT2D eigenvalue weighted by Crippen LogP contribution is -2.28. The molecule has 27 heavy (non-hydrogen) atoms. The third-order valence-electron chi connectivity index (χ3n) is 4.14. The topological polar surface area (TPSA) is 116 Å². The molecule has 3 rings (SSSR count). The highest BCUT2D eigenvalue weighted by Crippen LogP contribution is 2.31. The lowest BCUT2D eigenvalue weighted by Gasteiger charge is -2.07. The van der Waals surface area contributed by atoms with Crippen molar-refractivity contribution in [1.29, 1.82) is 5.26 Å². The molecule has 0 radical (unpaired) electrons. The van der Waals surface area contributed by atoms with Gasteiger partial charge in [-0.15, -0.1) is 0 Å². The summed E-state index contributed by atoms with van der Waals surface area (Å²) in [6, 6.07) is 7.15. The van der Waals surface area contributed by atoms with Gasteiger partial charge in [0.15, 0.2) is 11.5 Å². The number of hydrogen-bond donors (Lipinski definition) is 0. The number of ether oxygens (including phenoxy) is 2. The van der Waals surface area contributed by atoms with Gasteiger partial charge in [-0.2, -0.15) is 15.3 Å². The number of rotatable bonds is 5. The summed E-state index contributed by atoms with van der Waals surface area (Å²) in [7, 11) is 3.08. The maximum Gasteiger partial charge on any atom is 0.285 e. The van der Waals surface area contributed by atoms with Crippen molar-refractivity contribution in [1.82, 2.24) is 19.9 Å². The molecule has 0 fully saturated rings. The summed E-state index contributed by atoms with van der Waals surface area (Å²) >= 11 is 0. The Hall–Kier alpha value is -3.67. The highest BCUT2D eigenvalue weighted by molar-refractivity contribution is 5.60. The van der Waals surface area contributed by atoms with Crippen LogP contribution in [0.3, 0.4) is 0 Å². The predicted octanol–water partition coefficient (Wildman–Crippen LogP) is 1.85. The first kappa shape index (κ1) is 18.1. The van der Waals surface area contributed by atoms with E-state index < -0.39 is 5.56 Å². The molecule has 0 amide bonds. The quantitative estimate of drug-likeness (QED) is 0.671. The first-order valence-corrected chi connectivity index (χ1v) is 8.02. The molecule has 0 aliphatic rings. The van der Waals surface area contributed by atoms with Gasteiger partial charge in [-0.25, -0.2) is 4.68 Å². The molecule has 0 N–H and O–H groups in total. The Morgan fingerprint density at radius 2 is 1.96 bits per heavy atom. The molecule has 0 unspecified atom stereocenters. The van der Waals surface area contributed by atoms with E-state index in [1.165, 1.54) is 7.11 Å². The summed E-state index contributed by atoms with van der Waals surface area (Å²) < 4.78 is 16.9. The van der Waals surface area contributed by atoms with Crippen LogP contribution in [0.1, 0.15) is 22.7 Å². The number of aryl methyl sites for hydroxylation is 1. The fourth-order valence-electron chi connectivity index (χ4n) is 2.55. The summed E-state index contributed by atoms with van der Waals surface area (Å²) in [5.41, 5.74) is 1.38. The molecule has 2 aromatic heterocycles. The van der Waals surface area contributed by atoms with Crippen LogP contribution in [-0.4, -0.2) is 34.1 Å². The number of hydrogen-bond acceptors (Lipinski definition) is 8. The largest absolute Gasteiger partial charge is 0.493 e. The third-order valence-corrected chi connectivity index (χ3v) is 4.14. The van der Waals surface area contributed by atoms with Crippen molar-refractivity contribution in [2.24, 2.45) is 0 Å². The molecule has 0 spiro atoms. The van der Waals surface area contributed by atoms with Crippen LogP contribution in [0.25, 0.3) is 11.4 Å². The number of aromatic nitrogens is 4. The first-order valence-electron chi connectivity index (χ1n) is 8.02. The second-order valence-corrected chi connectivity index (χ2v) is 5.74. The number of benzene rings is 1. The summed E-state index contributed by atoms with van der Waals surface area (Å²) in [6.45, 7) is 3.39. The maximum absolute atomic E-state index is 12.4. The maximum atomic E-state index is 12.4. The molecule has 9 heteroatoms. The molecule has 1 aromatic carbocycles. The molecule has 0 saturated heterocycles. The SMILES string of the molecule is COc1ccc(-c2noc(Cn3nc(C)c(C)c(C#N)c3=O)n2)cc1OC. The second-order valence-electron chi connectivity index (χ2n) is 5.74. The van der Waals surface area contributed by atoms with Gasteiger partial charge in [0.25, 0.3) is 5.56 Å². The third kappa shape index (κ3) is 3.37. The van der Waals surface area contributed by atoms with Crippen LogP contribution in [0, 0.1) is 25.2 Å². The van der Waals surface area contributed by atoms with Crippen LogP contribution >= 0.6 is 0 Å². The second kappa shape index (κ2) is 7.29. The van der Waals surface area contributed by atoms with Crippen molar-refractivity contribution in [2.75, 3.05) is 14.2 Å². The van der Waals surface area contributed by atoms with Crippen LogP contribution in [0.15, 0.2) is 27.5 Å². The molecule has 138 valence electrons. The van der Waals surface area contributed by atoms with Crippen LogP contribution in [0.5, 0.6) is 11.5 Å². The molecule has 0 bridgehead atoms. The van der Waals surface area contributed by atoms with Gasteiger partial charge in [0.2, 0.25) is 11.7 Å².